The van der Waals surface area contributed by atoms with Crippen LogP contribution in [0.15, 0.2) is 60.7 Å². The molecule has 1 fully saturated rings. The number of piperidine rings is 1. The van der Waals surface area contributed by atoms with Gasteiger partial charge in [-0.05, 0) is 61.5 Å². The first-order chi connectivity index (χ1) is 16.5. The number of para-hydroxylation sites is 1. The molecule has 5 rings (SSSR count). The maximum absolute atomic E-state index is 13.7. The molecule has 0 radical (unpaired) electrons. The highest BCUT2D eigenvalue weighted by Gasteiger charge is 2.34. The van der Waals surface area contributed by atoms with Gasteiger partial charge in [-0.25, -0.2) is 4.39 Å². The molecule has 2 aliphatic rings. The standard InChI is InChI=1S/C27H27FN2O4/c28-23-9-1-2-10-24(23)34-17-20(31)16-29-13-11-18(12-14-29)15-30-26(32)21-7-3-5-19-6-4-8-22(25(19)21)27(30)33/h1-10,18,20,31H,11-17H2. The Morgan fingerprint density at radius 1 is 0.941 bits per heavy atom. The minimum absolute atomic E-state index is 0.0165. The third-order valence-corrected chi connectivity index (χ3v) is 6.74. The molecular formula is C27H27FN2O4. The Morgan fingerprint density at radius 3 is 2.24 bits per heavy atom. The average molecular weight is 463 g/mol. The van der Waals surface area contributed by atoms with Crippen molar-refractivity contribution in [1.29, 1.82) is 0 Å². The summed E-state index contributed by atoms with van der Waals surface area (Å²) in [4.78, 5) is 29.8. The van der Waals surface area contributed by atoms with Crippen molar-refractivity contribution in [3.63, 3.8) is 0 Å². The van der Waals surface area contributed by atoms with Crippen LogP contribution in [0, 0.1) is 11.7 Å². The summed E-state index contributed by atoms with van der Waals surface area (Å²) in [5.41, 5.74) is 1.17. The minimum Gasteiger partial charge on any atom is -0.488 e. The number of benzene rings is 3. The van der Waals surface area contributed by atoms with Crippen LogP contribution in [0.3, 0.4) is 0 Å². The van der Waals surface area contributed by atoms with Crippen molar-refractivity contribution in [2.75, 3.05) is 32.8 Å². The smallest absolute Gasteiger partial charge is 0.261 e. The molecule has 3 aromatic carbocycles. The molecule has 1 unspecified atom stereocenters. The van der Waals surface area contributed by atoms with Crippen LogP contribution in [0.2, 0.25) is 0 Å². The number of halogens is 1. The van der Waals surface area contributed by atoms with Crippen molar-refractivity contribution in [2.24, 2.45) is 5.92 Å². The van der Waals surface area contributed by atoms with E-state index in [4.69, 9.17) is 4.74 Å². The summed E-state index contributed by atoms with van der Waals surface area (Å²) in [6, 6.07) is 17.3. The summed E-state index contributed by atoms with van der Waals surface area (Å²) in [5, 5.41) is 12.0. The third-order valence-electron chi connectivity index (χ3n) is 6.74. The van der Waals surface area contributed by atoms with E-state index >= 15 is 0 Å². The lowest BCUT2D eigenvalue weighted by atomic mass is 9.91. The molecular weight excluding hydrogens is 435 g/mol. The van der Waals surface area contributed by atoms with Gasteiger partial charge in [-0.15, -0.1) is 0 Å². The van der Waals surface area contributed by atoms with Crippen LogP contribution in [0.5, 0.6) is 5.75 Å². The van der Waals surface area contributed by atoms with Gasteiger partial charge in [0.15, 0.2) is 11.6 Å². The number of amides is 2. The molecule has 2 amide bonds. The van der Waals surface area contributed by atoms with Crippen molar-refractivity contribution in [2.45, 2.75) is 18.9 Å². The Hall–Kier alpha value is -3.29. The van der Waals surface area contributed by atoms with Gasteiger partial charge >= 0.3 is 0 Å². The molecule has 176 valence electrons. The predicted molar refractivity (Wildman–Crippen MR) is 126 cm³/mol. The number of hydrogen-bond acceptors (Lipinski definition) is 5. The van der Waals surface area contributed by atoms with Gasteiger partial charge in [0.25, 0.3) is 11.8 Å². The highest BCUT2D eigenvalue weighted by Crippen LogP contribution is 2.31. The lowest BCUT2D eigenvalue weighted by Crippen LogP contribution is -2.46. The van der Waals surface area contributed by atoms with Gasteiger partial charge in [-0.3, -0.25) is 14.5 Å². The van der Waals surface area contributed by atoms with Crippen molar-refractivity contribution < 1.29 is 23.8 Å². The summed E-state index contributed by atoms with van der Waals surface area (Å²) in [6.07, 6.45) is 0.909. The quantitative estimate of drug-likeness (QED) is 0.542. The van der Waals surface area contributed by atoms with Gasteiger partial charge in [0, 0.05) is 29.6 Å². The molecule has 0 spiro atoms. The van der Waals surface area contributed by atoms with E-state index < -0.39 is 11.9 Å². The zero-order chi connectivity index (χ0) is 23.7. The van der Waals surface area contributed by atoms with E-state index in [-0.39, 0.29) is 30.1 Å². The van der Waals surface area contributed by atoms with Crippen molar-refractivity contribution in [3.05, 3.63) is 77.6 Å². The maximum atomic E-state index is 13.7. The molecule has 0 aromatic heterocycles. The first-order valence-corrected chi connectivity index (χ1v) is 11.7. The van der Waals surface area contributed by atoms with E-state index in [2.05, 4.69) is 4.90 Å². The minimum atomic E-state index is -0.738. The molecule has 0 bridgehead atoms. The molecule has 34 heavy (non-hydrogen) atoms. The number of aliphatic hydroxyl groups is 1. The molecule has 0 saturated carbocycles. The SMILES string of the molecule is O=C1c2cccc3cccc(c23)C(=O)N1CC1CCN(CC(O)COc2ccccc2F)CC1. The second-order valence-corrected chi connectivity index (χ2v) is 9.07. The zero-order valence-electron chi connectivity index (χ0n) is 18.8. The number of hydrogen-bond donors (Lipinski definition) is 1. The summed E-state index contributed by atoms with van der Waals surface area (Å²) in [5.74, 6) is -0.556. The van der Waals surface area contributed by atoms with Crippen LogP contribution in [-0.4, -0.2) is 65.6 Å². The van der Waals surface area contributed by atoms with Gasteiger partial charge in [0.05, 0.1) is 0 Å². The van der Waals surface area contributed by atoms with Crippen LogP contribution in [0.25, 0.3) is 10.8 Å². The average Bonchev–Trinajstić information content (AvgIpc) is 2.85. The highest BCUT2D eigenvalue weighted by molar-refractivity contribution is 6.25. The summed E-state index contributed by atoms with van der Waals surface area (Å²) in [6.45, 7) is 2.35. The second kappa shape index (κ2) is 9.52. The monoisotopic (exact) mass is 462 g/mol. The molecule has 7 heteroatoms. The number of nitrogens with zero attached hydrogens (tertiary/aromatic N) is 2. The summed E-state index contributed by atoms with van der Waals surface area (Å²) >= 11 is 0. The van der Waals surface area contributed by atoms with Gasteiger partial charge in [0.2, 0.25) is 0 Å². The molecule has 6 nitrogen and oxygen atoms in total. The Kier molecular flexibility index (Phi) is 6.30. The van der Waals surface area contributed by atoms with Crippen LogP contribution in [0.1, 0.15) is 33.6 Å². The normalized spacial score (nSPS) is 17.9. The zero-order valence-corrected chi connectivity index (χ0v) is 18.8. The predicted octanol–water partition coefficient (Wildman–Crippen LogP) is 3.73. The van der Waals surface area contributed by atoms with Crippen molar-refractivity contribution in [3.8, 4) is 5.75 Å². The molecule has 1 N–H and O–H groups in total. The lowest BCUT2D eigenvalue weighted by molar-refractivity contribution is 0.0448. The lowest BCUT2D eigenvalue weighted by Gasteiger charge is -2.36. The topological polar surface area (TPSA) is 70.1 Å². The maximum Gasteiger partial charge on any atom is 0.261 e. The number of β-amino-alcohol motifs (C(OH)–C–C–N with tert-alkyl or cyclic N) is 1. The van der Waals surface area contributed by atoms with E-state index in [0.29, 0.717) is 24.2 Å². The van der Waals surface area contributed by atoms with Crippen LogP contribution in [0.4, 0.5) is 4.39 Å². The first-order valence-electron chi connectivity index (χ1n) is 11.7. The Morgan fingerprint density at radius 2 is 1.59 bits per heavy atom. The fraction of sp³-hybridized carbons (Fsp3) is 0.333. The molecule has 1 saturated heterocycles. The van der Waals surface area contributed by atoms with Crippen LogP contribution in [-0.2, 0) is 0 Å². The number of carbonyl (C=O) groups is 2. The fourth-order valence-corrected chi connectivity index (χ4v) is 4.95. The van der Waals surface area contributed by atoms with Crippen LogP contribution >= 0.6 is 0 Å². The van der Waals surface area contributed by atoms with Crippen molar-refractivity contribution >= 4 is 22.6 Å². The summed E-state index contributed by atoms with van der Waals surface area (Å²) in [7, 11) is 0. The van der Waals surface area contributed by atoms with Gasteiger partial charge in [-0.2, -0.15) is 0 Å². The number of carbonyl (C=O) groups excluding carboxylic acids is 2. The number of aliphatic hydroxyl groups excluding tert-OH is 1. The Balaban J connectivity index is 1.15. The first kappa shape index (κ1) is 22.5. The Bertz CT molecular complexity index is 1170. The fourth-order valence-electron chi connectivity index (χ4n) is 4.95. The van der Waals surface area contributed by atoms with Gasteiger partial charge in [0.1, 0.15) is 12.7 Å². The van der Waals surface area contributed by atoms with Crippen LogP contribution < -0.4 is 4.74 Å². The van der Waals surface area contributed by atoms with Gasteiger partial charge < -0.3 is 14.7 Å². The van der Waals surface area contributed by atoms with Gasteiger partial charge in [-0.1, -0.05) is 36.4 Å². The summed E-state index contributed by atoms with van der Waals surface area (Å²) < 4.78 is 19.1. The molecule has 0 aliphatic carbocycles. The molecule has 1 atom stereocenters. The number of ether oxygens (including phenoxy) is 1. The van der Waals surface area contributed by atoms with E-state index in [1.54, 1.807) is 24.3 Å². The molecule has 2 aliphatic heterocycles. The second-order valence-electron chi connectivity index (χ2n) is 9.07. The van der Waals surface area contributed by atoms with E-state index in [9.17, 15) is 19.1 Å². The van der Waals surface area contributed by atoms with Crippen molar-refractivity contribution in [1.82, 2.24) is 9.80 Å². The van der Waals surface area contributed by atoms with E-state index in [1.165, 1.54) is 17.0 Å². The van der Waals surface area contributed by atoms with E-state index in [0.717, 1.165) is 36.7 Å². The third kappa shape index (κ3) is 4.41. The number of likely N-dealkylation sites (tertiary alicyclic amines) is 1. The molecule has 3 aromatic rings. The Labute approximate surface area is 197 Å². The highest BCUT2D eigenvalue weighted by atomic mass is 19.1. The number of imide groups is 1. The van der Waals surface area contributed by atoms with E-state index in [1.807, 2.05) is 24.3 Å². The molecule has 2 heterocycles. The number of rotatable bonds is 7. The largest absolute Gasteiger partial charge is 0.488 e.